The van der Waals surface area contributed by atoms with Crippen molar-refractivity contribution in [2.75, 3.05) is 5.32 Å². The SMILES string of the molecule is O=C(Nc1cnccn1)c1c[nH]c2ccccc2c1=O. The lowest BCUT2D eigenvalue weighted by Gasteiger charge is -2.04. The van der Waals surface area contributed by atoms with E-state index in [4.69, 9.17) is 0 Å². The molecule has 0 aliphatic rings. The number of nitrogens with one attached hydrogen (secondary N) is 2. The van der Waals surface area contributed by atoms with Crippen LogP contribution >= 0.6 is 0 Å². The van der Waals surface area contributed by atoms with Gasteiger partial charge in [0, 0.05) is 29.5 Å². The molecule has 1 aromatic carbocycles. The van der Waals surface area contributed by atoms with Crippen LogP contribution < -0.4 is 10.7 Å². The highest BCUT2D eigenvalue weighted by atomic mass is 16.2. The van der Waals surface area contributed by atoms with Crippen LogP contribution in [0, 0.1) is 0 Å². The lowest BCUT2D eigenvalue weighted by Crippen LogP contribution is -2.22. The van der Waals surface area contributed by atoms with Crippen LogP contribution in [0.4, 0.5) is 5.82 Å². The van der Waals surface area contributed by atoms with E-state index in [2.05, 4.69) is 20.3 Å². The van der Waals surface area contributed by atoms with Crippen molar-refractivity contribution in [2.24, 2.45) is 0 Å². The second kappa shape index (κ2) is 4.93. The predicted octanol–water partition coefficient (Wildman–Crippen LogP) is 1.57. The molecule has 6 nitrogen and oxygen atoms in total. The second-order valence-electron chi connectivity index (χ2n) is 4.12. The Bertz CT molecular complexity index is 827. The van der Waals surface area contributed by atoms with Gasteiger partial charge < -0.3 is 10.3 Å². The molecule has 0 radical (unpaired) electrons. The van der Waals surface area contributed by atoms with E-state index >= 15 is 0 Å². The molecule has 0 aliphatic heterocycles. The Hall–Kier alpha value is -3.02. The van der Waals surface area contributed by atoms with Gasteiger partial charge in [-0.25, -0.2) is 4.98 Å². The Morgan fingerprint density at radius 2 is 2.05 bits per heavy atom. The maximum absolute atomic E-state index is 12.2. The van der Waals surface area contributed by atoms with E-state index < -0.39 is 5.91 Å². The van der Waals surface area contributed by atoms with E-state index in [9.17, 15) is 9.59 Å². The van der Waals surface area contributed by atoms with E-state index in [1.54, 1.807) is 18.2 Å². The maximum Gasteiger partial charge on any atom is 0.262 e. The number of aromatic nitrogens is 3. The molecule has 0 unspecified atom stereocenters. The average Bonchev–Trinajstić information content (AvgIpc) is 2.49. The van der Waals surface area contributed by atoms with Gasteiger partial charge in [-0.1, -0.05) is 12.1 Å². The summed E-state index contributed by atoms with van der Waals surface area (Å²) in [7, 11) is 0. The maximum atomic E-state index is 12.2. The highest BCUT2D eigenvalue weighted by molar-refractivity contribution is 6.05. The Labute approximate surface area is 113 Å². The van der Waals surface area contributed by atoms with E-state index in [1.807, 2.05) is 6.07 Å². The summed E-state index contributed by atoms with van der Waals surface area (Å²) in [5, 5.41) is 3.00. The molecular formula is C14H10N4O2. The van der Waals surface area contributed by atoms with Crippen LogP contribution in [-0.2, 0) is 0 Å². The molecule has 0 atom stereocenters. The monoisotopic (exact) mass is 266 g/mol. The number of nitrogens with zero attached hydrogens (tertiary/aromatic N) is 2. The fourth-order valence-corrected chi connectivity index (χ4v) is 1.88. The minimum absolute atomic E-state index is 0.0364. The number of amides is 1. The minimum atomic E-state index is -0.516. The summed E-state index contributed by atoms with van der Waals surface area (Å²) in [6.07, 6.45) is 5.77. The van der Waals surface area contributed by atoms with Crippen LogP contribution in [0.5, 0.6) is 0 Å². The number of hydrogen-bond acceptors (Lipinski definition) is 4. The van der Waals surface area contributed by atoms with Crippen LogP contribution in [-0.4, -0.2) is 20.9 Å². The van der Waals surface area contributed by atoms with E-state index in [1.165, 1.54) is 24.8 Å². The van der Waals surface area contributed by atoms with Crippen molar-refractivity contribution in [1.82, 2.24) is 15.0 Å². The largest absolute Gasteiger partial charge is 0.360 e. The number of hydrogen-bond donors (Lipinski definition) is 2. The van der Waals surface area contributed by atoms with E-state index in [0.29, 0.717) is 16.7 Å². The van der Waals surface area contributed by atoms with Gasteiger partial charge >= 0.3 is 0 Å². The molecule has 0 spiro atoms. The first-order chi connectivity index (χ1) is 9.75. The Kier molecular flexibility index (Phi) is 2.96. The molecule has 98 valence electrons. The zero-order chi connectivity index (χ0) is 13.9. The van der Waals surface area contributed by atoms with Gasteiger partial charge in [0.1, 0.15) is 5.56 Å². The molecule has 0 saturated carbocycles. The number of benzene rings is 1. The molecule has 6 heteroatoms. The molecular weight excluding hydrogens is 256 g/mol. The molecule has 2 aromatic heterocycles. The van der Waals surface area contributed by atoms with Gasteiger partial charge in [-0.2, -0.15) is 0 Å². The van der Waals surface area contributed by atoms with Gasteiger partial charge in [-0.05, 0) is 12.1 Å². The van der Waals surface area contributed by atoms with Crippen molar-refractivity contribution in [3.63, 3.8) is 0 Å². The van der Waals surface area contributed by atoms with Gasteiger partial charge in [0.05, 0.1) is 6.20 Å². The van der Waals surface area contributed by atoms with Crippen molar-refractivity contribution in [2.45, 2.75) is 0 Å². The number of H-pyrrole nitrogens is 1. The van der Waals surface area contributed by atoms with Crippen molar-refractivity contribution in [1.29, 1.82) is 0 Å². The van der Waals surface area contributed by atoms with Crippen molar-refractivity contribution in [3.8, 4) is 0 Å². The van der Waals surface area contributed by atoms with Gasteiger partial charge in [-0.15, -0.1) is 0 Å². The van der Waals surface area contributed by atoms with Crippen molar-refractivity contribution in [3.05, 3.63) is 64.8 Å². The van der Waals surface area contributed by atoms with Crippen LogP contribution in [0.3, 0.4) is 0 Å². The zero-order valence-electron chi connectivity index (χ0n) is 10.3. The molecule has 3 aromatic rings. The van der Waals surface area contributed by atoms with E-state index in [0.717, 1.165) is 0 Å². The number of fused-ring (bicyclic) bond motifs is 1. The molecule has 2 heterocycles. The molecule has 3 rings (SSSR count). The molecule has 20 heavy (non-hydrogen) atoms. The third-order valence-corrected chi connectivity index (χ3v) is 2.84. The highest BCUT2D eigenvalue weighted by Gasteiger charge is 2.13. The quantitative estimate of drug-likeness (QED) is 0.737. The summed E-state index contributed by atoms with van der Waals surface area (Å²) in [6, 6.07) is 7.02. The number of carbonyl (C=O) groups is 1. The molecule has 0 saturated heterocycles. The molecule has 1 amide bonds. The number of pyridine rings is 1. The van der Waals surface area contributed by atoms with E-state index in [-0.39, 0.29) is 11.0 Å². The average molecular weight is 266 g/mol. The third-order valence-electron chi connectivity index (χ3n) is 2.84. The molecule has 0 bridgehead atoms. The number of aromatic amines is 1. The number of rotatable bonds is 2. The standard InChI is InChI=1S/C14H10N4O2/c19-13-9-3-1-2-4-11(9)17-7-10(13)14(20)18-12-8-15-5-6-16-12/h1-8H,(H,17,19)(H,16,18,20). The Morgan fingerprint density at radius 3 is 2.85 bits per heavy atom. The Morgan fingerprint density at radius 1 is 1.20 bits per heavy atom. The molecule has 0 fully saturated rings. The van der Waals surface area contributed by atoms with Crippen LogP contribution in [0.25, 0.3) is 10.9 Å². The Balaban J connectivity index is 2.00. The summed E-state index contributed by atoms with van der Waals surface area (Å²) in [5.41, 5.74) is 0.406. The van der Waals surface area contributed by atoms with Gasteiger partial charge in [0.15, 0.2) is 5.82 Å². The normalized spacial score (nSPS) is 10.4. The topological polar surface area (TPSA) is 87.7 Å². The fourth-order valence-electron chi connectivity index (χ4n) is 1.88. The smallest absolute Gasteiger partial charge is 0.262 e. The summed E-state index contributed by atoms with van der Waals surface area (Å²) < 4.78 is 0. The first kappa shape index (κ1) is 12.0. The summed E-state index contributed by atoms with van der Waals surface area (Å²) in [5.74, 6) is -0.220. The first-order valence-corrected chi connectivity index (χ1v) is 5.93. The van der Waals surface area contributed by atoms with Crippen molar-refractivity contribution >= 4 is 22.6 Å². The summed E-state index contributed by atoms with van der Waals surface area (Å²) in [6.45, 7) is 0. The highest BCUT2D eigenvalue weighted by Crippen LogP contribution is 2.08. The van der Waals surface area contributed by atoms with Crippen LogP contribution in [0.2, 0.25) is 0 Å². The number of para-hydroxylation sites is 1. The lowest BCUT2D eigenvalue weighted by atomic mass is 10.1. The van der Waals surface area contributed by atoms with Gasteiger partial charge in [0.2, 0.25) is 5.43 Å². The minimum Gasteiger partial charge on any atom is -0.360 e. The van der Waals surface area contributed by atoms with Crippen LogP contribution in [0.1, 0.15) is 10.4 Å². The van der Waals surface area contributed by atoms with Gasteiger partial charge in [-0.3, -0.25) is 14.6 Å². The van der Waals surface area contributed by atoms with Crippen LogP contribution in [0.15, 0.2) is 53.8 Å². The second-order valence-corrected chi connectivity index (χ2v) is 4.12. The fraction of sp³-hybridized carbons (Fsp3) is 0. The predicted molar refractivity (Wildman–Crippen MR) is 74.6 cm³/mol. The molecule has 2 N–H and O–H groups in total. The zero-order valence-corrected chi connectivity index (χ0v) is 10.3. The number of anilines is 1. The summed E-state index contributed by atoms with van der Waals surface area (Å²) in [4.78, 5) is 35.0. The van der Waals surface area contributed by atoms with Gasteiger partial charge in [0.25, 0.3) is 5.91 Å². The molecule has 0 aliphatic carbocycles. The first-order valence-electron chi connectivity index (χ1n) is 5.93. The van der Waals surface area contributed by atoms with Crippen molar-refractivity contribution < 1.29 is 4.79 Å². The number of carbonyl (C=O) groups excluding carboxylic acids is 1. The summed E-state index contributed by atoms with van der Waals surface area (Å²) >= 11 is 0. The third kappa shape index (κ3) is 2.14. The lowest BCUT2D eigenvalue weighted by molar-refractivity contribution is 0.102.